The number of rotatable bonds is 3. The van der Waals surface area contributed by atoms with Gasteiger partial charge in [0.05, 0.1) is 0 Å². The van der Waals surface area contributed by atoms with Gasteiger partial charge >= 0.3 is 0 Å². The van der Waals surface area contributed by atoms with Gasteiger partial charge in [0.2, 0.25) is 0 Å². The maximum Gasteiger partial charge on any atom is 0.130 e. The molecule has 0 radical (unpaired) electrons. The standard InChI is InChI=1S/C14H12Cl2O/c1-10-2-3-11(9-15)8-14(10)17-13-6-4-12(16)5-7-13/h2-8H,9H2,1H3. The van der Waals surface area contributed by atoms with Gasteiger partial charge in [0.1, 0.15) is 11.5 Å². The first-order valence-corrected chi connectivity index (χ1v) is 6.19. The minimum atomic E-state index is 0.483. The molecular weight excluding hydrogens is 255 g/mol. The number of benzene rings is 2. The molecule has 0 fully saturated rings. The van der Waals surface area contributed by atoms with Gasteiger partial charge in [0, 0.05) is 10.9 Å². The van der Waals surface area contributed by atoms with Crippen molar-refractivity contribution in [2.24, 2.45) is 0 Å². The van der Waals surface area contributed by atoms with Gasteiger partial charge in [-0.25, -0.2) is 0 Å². The van der Waals surface area contributed by atoms with Crippen LogP contribution in [0.4, 0.5) is 0 Å². The van der Waals surface area contributed by atoms with Gasteiger partial charge in [0.25, 0.3) is 0 Å². The molecule has 0 atom stereocenters. The normalized spacial score (nSPS) is 10.3. The van der Waals surface area contributed by atoms with Crippen LogP contribution >= 0.6 is 23.2 Å². The van der Waals surface area contributed by atoms with Crippen molar-refractivity contribution in [1.29, 1.82) is 0 Å². The van der Waals surface area contributed by atoms with E-state index in [4.69, 9.17) is 27.9 Å². The number of halogens is 2. The molecule has 0 N–H and O–H groups in total. The summed E-state index contributed by atoms with van der Waals surface area (Å²) in [5.74, 6) is 2.08. The first kappa shape index (κ1) is 12.3. The molecule has 0 bridgehead atoms. The predicted molar refractivity (Wildman–Crippen MR) is 72.3 cm³/mol. The fourth-order valence-corrected chi connectivity index (χ4v) is 1.76. The Morgan fingerprint density at radius 2 is 1.76 bits per heavy atom. The molecule has 0 spiro atoms. The van der Waals surface area contributed by atoms with E-state index in [1.54, 1.807) is 12.1 Å². The Labute approximate surface area is 111 Å². The van der Waals surface area contributed by atoms with E-state index in [1.165, 1.54) is 0 Å². The van der Waals surface area contributed by atoms with Crippen LogP contribution < -0.4 is 4.74 Å². The third-order valence-electron chi connectivity index (χ3n) is 2.45. The van der Waals surface area contributed by atoms with Crippen molar-refractivity contribution in [3.8, 4) is 11.5 Å². The molecule has 0 saturated heterocycles. The van der Waals surface area contributed by atoms with E-state index in [2.05, 4.69) is 0 Å². The molecule has 1 nitrogen and oxygen atoms in total. The highest BCUT2D eigenvalue weighted by atomic mass is 35.5. The van der Waals surface area contributed by atoms with E-state index in [0.29, 0.717) is 10.9 Å². The monoisotopic (exact) mass is 266 g/mol. The largest absolute Gasteiger partial charge is 0.457 e. The minimum Gasteiger partial charge on any atom is -0.457 e. The predicted octanol–water partition coefficient (Wildman–Crippen LogP) is 5.18. The van der Waals surface area contributed by atoms with Crippen molar-refractivity contribution < 1.29 is 4.74 Å². The number of ether oxygens (including phenoxy) is 1. The van der Waals surface area contributed by atoms with Crippen LogP contribution in [-0.4, -0.2) is 0 Å². The molecule has 0 unspecified atom stereocenters. The number of alkyl halides is 1. The van der Waals surface area contributed by atoms with Gasteiger partial charge in [-0.3, -0.25) is 0 Å². The zero-order chi connectivity index (χ0) is 12.3. The van der Waals surface area contributed by atoms with Crippen molar-refractivity contribution in [2.45, 2.75) is 12.8 Å². The number of hydrogen-bond donors (Lipinski definition) is 0. The van der Waals surface area contributed by atoms with E-state index in [0.717, 1.165) is 22.6 Å². The van der Waals surface area contributed by atoms with Crippen LogP contribution in [0.15, 0.2) is 42.5 Å². The molecule has 17 heavy (non-hydrogen) atoms. The number of hydrogen-bond acceptors (Lipinski definition) is 1. The van der Waals surface area contributed by atoms with E-state index in [1.807, 2.05) is 37.3 Å². The number of aryl methyl sites for hydroxylation is 1. The third-order valence-corrected chi connectivity index (χ3v) is 3.01. The molecule has 0 saturated carbocycles. The van der Waals surface area contributed by atoms with Gasteiger partial charge in [-0.1, -0.05) is 23.7 Å². The first-order valence-electron chi connectivity index (χ1n) is 5.28. The second-order valence-corrected chi connectivity index (χ2v) is 4.49. The highest BCUT2D eigenvalue weighted by molar-refractivity contribution is 6.30. The fraction of sp³-hybridized carbons (Fsp3) is 0.143. The van der Waals surface area contributed by atoms with Crippen molar-refractivity contribution in [3.63, 3.8) is 0 Å². The molecule has 0 aliphatic heterocycles. The lowest BCUT2D eigenvalue weighted by Gasteiger charge is -2.09. The highest BCUT2D eigenvalue weighted by Gasteiger charge is 2.03. The van der Waals surface area contributed by atoms with Crippen LogP contribution in [0.5, 0.6) is 11.5 Å². The average molecular weight is 267 g/mol. The summed E-state index contributed by atoms with van der Waals surface area (Å²) in [6.45, 7) is 2.00. The molecule has 2 aromatic rings. The second kappa shape index (κ2) is 5.44. The SMILES string of the molecule is Cc1ccc(CCl)cc1Oc1ccc(Cl)cc1. The molecule has 0 aliphatic rings. The Hall–Kier alpha value is -1.18. The Bertz CT molecular complexity index is 506. The van der Waals surface area contributed by atoms with Crippen LogP contribution in [0.25, 0.3) is 0 Å². The highest BCUT2D eigenvalue weighted by Crippen LogP contribution is 2.27. The van der Waals surface area contributed by atoms with Crippen LogP contribution in [0.2, 0.25) is 5.02 Å². The summed E-state index contributed by atoms with van der Waals surface area (Å²) in [6, 6.07) is 13.2. The maximum absolute atomic E-state index is 5.82. The van der Waals surface area contributed by atoms with Gasteiger partial charge in [-0.15, -0.1) is 11.6 Å². The van der Waals surface area contributed by atoms with Crippen molar-refractivity contribution in [1.82, 2.24) is 0 Å². The van der Waals surface area contributed by atoms with E-state index >= 15 is 0 Å². The van der Waals surface area contributed by atoms with Gasteiger partial charge < -0.3 is 4.74 Å². The zero-order valence-corrected chi connectivity index (χ0v) is 10.9. The van der Waals surface area contributed by atoms with E-state index in [-0.39, 0.29) is 0 Å². The smallest absolute Gasteiger partial charge is 0.130 e. The summed E-state index contributed by atoms with van der Waals surface area (Å²) < 4.78 is 5.79. The van der Waals surface area contributed by atoms with Crippen molar-refractivity contribution >= 4 is 23.2 Å². The van der Waals surface area contributed by atoms with Crippen LogP contribution in [0, 0.1) is 6.92 Å². The first-order chi connectivity index (χ1) is 8.19. The van der Waals surface area contributed by atoms with Crippen LogP contribution in [-0.2, 0) is 5.88 Å². The summed E-state index contributed by atoms with van der Waals surface area (Å²) in [5.41, 5.74) is 2.12. The molecule has 0 heterocycles. The molecule has 3 heteroatoms. The second-order valence-electron chi connectivity index (χ2n) is 3.79. The molecular formula is C14H12Cl2O. The lowest BCUT2D eigenvalue weighted by atomic mass is 10.1. The fourth-order valence-electron chi connectivity index (χ4n) is 1.47. The van der Waals surface area contributed by atoms with Crippen LogP contribution in [0.3, 0.4) is 0 Å². The Morgan fingerprint density at radius 1 is 1.06 bits per heavy atom. The summed E-state index contributed by atoms with van der Waals surface area (Å²) >= 11 is 11.6. The molecule has 2 aromatic carbocycles. The van der Waals surface area contributed by atoms with Crippen molar-refractivity contribution in [2.75, 3.05) is 0 Å². The lowest BCUT2D eigenvalue weighted by Crippen LogP contribution is -1.89. The Kier molecular flexibility index (Phi) is 3.93. The van der Waals surface area contributed by atoms with E-state index in [9.17, 15) is 0 Å². The Morgan fingerprint density at radius 3 is 2.41 bits per heavy atom. The minimum absolute atomic E-state index is 0.483. The molecule has 2 rings (SSSR count). The van der Waals surface area contributed by atoms with Gasteiger partial charge in [-0.2, -0.15) is 0 Å². The summed E-state index contributed by atoms with van der Waals surface area (Å²) in [5, 5.41) is 0.698. The maximum atomic E-state index is 5.82. The quantitative estimate of drug-likeness (QED) is 0.696. The Balaban J connectivity index is 2.25. The zero-order valence-electron chi connectivity index (χ0n) is 9.41. The lowest BCUT2D eigenvalue weighted by molar-refractivity contribution is 0.478. The molecule has 0 aromatic heterocycles. The molecule has 88 valence electrons. The summed E-state index contributed by atoms with van der Waals surface area (Å²) in [6.07, 6.45) is 0. The topological polar surface area (TPSA) is 9.23 Å². The van der Waals surface area contributed by atoms with Crippen molar-refractivity contribution in [3.05, 3.63) is 58.6 Å². The summed E-state index contributed by atoms with van der Waals surface area (Å²) in [7, 11) is 0. The third kappa shape index (κ3) is 3.15. The molecule has 0 amide bonds. The average Bonchev–Trinajstić information content (AvgIpc) is 2.35. The molecule has 0 aliphatic carbocycles. The van der Waals surface area contributed by atoms with E-state index < -0.39 is 0 Å². The van der Waals surface area contributed by atoms with Gasteiger partial charge in [0.15, 0.2) is 0 Å². The van der Waals surface area contributed by atoms with Crippen LogP contribution in [0.1, 0.15) is 11.1 Å². The summed E-state index contributed by atoms with van der Waals surface area (Å²) in [4.78, 5) is 0. The van der Waals surface area contributed by atoms with Gasteiger partial charge in [-0.05, 0) is 48.4 Å².